The van der Waals surface area contributed by atoms with Crippen LogP contribution in [0.5, 0.6) is 5.75 Å². The maximum atomic E-state index is 13.4. The first-order valence-corrected chi connectivity index (χ1v) is 50.9. The number of hydrogen-bond donors (Lipinski definition) is 1. The van der Waals surface area contributed by atoms with Crippen LogP contribution in [-0.2, 0) is 25.5 Å². The van der Waals surface area contributed by atoms with Gasteiger partial charge >= 0.3 is 41.3 Å². The molecule has 27 nitrogen and oxygen atoms in total. The average Bonchev–Trinajstić information content (AvgIpc) is 1.75. The Bertz CT molecular complexity index is 4940. The molecule has 0 spiro atoms. The molecule has 9 fully saturated rings. The van der Waals surface area contributed by atoms with Gasteiger partial charge in [-0.3, -0.25) is 34.1 Å². The van der Waals surface area contributed by atoms with Gasteiger partial charge in [0.05, 0.1) is 29.6 Å². The number of benzene rings is 6. The summed E-state index contributed by atoms with van der Waals surface area (Å²) in [6, 6.07) is 60.3. The van der Waals surface area contributed by atoms with Crippen molar-refractivity contribution in [2.75, 3.05) is 165 Å². The first-order valence-electron chi connectivity index (χ1n) is 50.9. The van der Waals surface area contributed by atoms with Crippen LogP contribution in [0.4, 0.5) is 14.4 Å². The third-order valence-electron chi connectivity index (χ3n) is 27.7. The Morgan fingerprint density at radius 3 is 1.39 bits per heavy atom. The number of aldehydes is 1. The third kappa shape index (κ3) is 35.1. The number of aromatic nitrogens is 5. The molecule has 1 N–H and O–H groups in total. The van der Waals surface area contributed by atoms with Gasteiger partial charge in [-0.1, -0.05) is 151 Å². The molecule has 9 saturated heterocycles. The molecule has 0 radical (unpaired) electrons. The zero-order chi connectivity index (χ0) is 99.1. The Morgan fingerprint density at radius 2 is 0.957 bits per heavy atom. The number of nitrogens with one attached hydrogen (secondary N) is 1. The molecule has 4 amide bonds. The van der Waals surface area contributed by atoms with Crippen molar-refractivity contribution in [2.45, 2.75) is 246 Å². The molecule has 0 bridgehead atoms. The molecule has 140 heavy (non-hydrogen) atoms. The van der Waals surface area contributed by atoms with E-state index in [4.69, 9.17) is 23.7 Å². The maximum absolute atomic E-state index is 13.4. The second kappa shape index (κ2) is 55.9. The molecule has 17 rings (SSSR count). The third-order valence-corrected chi connectivity index (χ3v) is 27.7. The summed E-state index contributed by atoms with van der Waals surface area (Å²) in [7, 11) is 6.11. The summed E-state index contributed by atoms with van der Waals surface area (Å²) in [6.45, 7) is 53.7. The van der Waals surface area contributed by atoms with Gasteiger partial charge in [-0.05, 0) is 274 Å². The molecule has 11 heterocycles. The quantitative estimate of drug-likeness (QED) is 0.0434. The number of piperazine rings is 4. The molecule has 6 aromatic carbocycles. The number of halogens is 1. The van der Waals surface area contributed by atoms with Crippen LogP contribution >= 0.6 is 0 Å². The molecule has 762 valence electrons. The smallest absolute Gasteiger partial charge is 1.00 e. The predicted molar refractivity (Wildman–Crippen MR) is 556 cm³/mol. The average molecular weight is 1960 g/mol. The van der Waals surface area contributed by atoms with Crippen molar-refractivity contribution in [3.63, 3.8) is 0 Å². The van der Waals surface area contributed by atoms with Crippen LogP contribution in [-0.4, -0.2) is 344 Å². The van der Waals surface area contributed by atoms with E-state index in [2.05, 4.69) is 212 Å². The Balaban J connectivity index is 0.000000203. The number of likely N-dealkylation sites (tertiary alicyclic amines) is 4. The van der Waals surface area contributed by atoms with Crippen molar-refractivity contribution >= 4 is 64.6 Å². The van der Waals surface area contributed by atoms with E-state index in [0.717, 1.165) is 163 Å². The molecular formula is C111H164ClMgN17O10. The number of para-hydroxylation sites is 1. The van der Waals surface area contributed by atoms with Crippen LogP contribution in [0, 0.1) is 32.1 Å². The van der Waals surface area contributed by atoms with Crippen molar-refractivity contribution in [1.29, 1.82) is 0 Å². The van der Waals surface area contributed by atoms with Gasteiger partial charge in [0, 0.05) is 159 Å². The fourth-order valence-corrected chi connectivity index (χ4v) is 20.2. The number of aryl methyl sites for hydroxylation is 2. The first-order chi connectivity index (χ1) is 66.0. The number of piperidine rings is 4. The summed E-state index contributed by atoms with van der Waals surface area (Å²) in [6.07, 6.45) is 16.0. The fraction of sp³-hybridized carbons (Fsp3) is 0.586. The van der Waals surface area contributed by atoms with Crippen LogP contribution in [0.1, 0.15) is 234 Å². The maximum Gasteiger partial charge on any atom is 2.00 e. The van der Waals surface area contributed by atoms with E-state index in [1.165, 1.54) is 94.2 Å². The Hall–Kier alpha value is -8.75. The van der Waals surface area contributed by atoms with E-state index in [9.17, 15) is 24.0 Å². The number of carbonyl (C=O) groups is 5. The fourth-order valence-electron chi connectivity index (χ4n) is 20.2. The summed E-state index contributed by atoms with van der Waals surface area (Å²) in [5, 5.41) is 12.2. The molecule has 0 aliphatic carbocycles. The number of carbonyl (C=O) groups excluding carboxylic acids is 5. The van der Waals surface area contributed by atoms with E-state index < -0.39 is 16.8 Å². The van der Waals surface area contributed by atoms with Crippen LogP contribution in [0.15, 0.2) is 176 Å². The monoisotopic (exact) mass is 1950 g/mol. The Morgan fingerprint density at radius 1 is 0.514 bits per heavy atom. The summed E-state index contributed by atoms with van der Waals surface area (Å²) in [5.74, 6) is 2.29. The van der Waals surface area contributed by atoms with Crippen molar-refractivity contribution in [2.24, 2.45) is 11.8 Å². The minimum absolute atomic E-state index is 0. The van der Waals surface area contributed by atoms with Gasteiger partial charge in [0.1, 0.15) is 46.8 Å². The number of ether oxygens (including phenoxy) is 5. The van der Waals surface area contributed by atoms with Gasteiger partial charge in [-0.15, -0.1) is 5.10 Å². The summed E-state index contributed by atoms with van der Waals surface area (Å²) >= 11 is 0. The molecule has 8 aromatic rings. The van der Waals surface area contributed by atoms with Gasteiger partial charge in [0.2, 0.25) is 0 Å². The van der Waals surface area contributed by atoms with Crippen molar-refractivity contribution in [3.05, 3.63) is 227 Å². The van der Waals surface area contributed by atoms with Crippen molar-refractivity contribution in [1.82, 2.24) is 84.2 Å². The van der Waals surface area contributed by atoms with Gasteiger partial charge < -0.3 is 77.2 Å². The standard InChI is InChI=1S/C38H52N6O2.C23H29N5O2.C23H37N3O2.C10H20N2O2.C7H6O.C6H12N.C4H8O.ClH.Mg/c1-28-25-41(26-31-11-13-34(46-5)14-12-31)23-24-44(28)36(32-9-7-6-8-10-32)33-15-19-43(20-16-33)38(4)17-21-42(22-18-38)37(45)35-29(2)39-27-40-30(35)3;1-17-16-26(22(29)30-23(2,3)4)14-15-27(17)21(18-10-6-5-7-11-18)28-20-13-9-8-12-19(20)24-25-28;1-18-17-25(22(27)28-23(2,3)4)15-16-26(18)21(19-9-7-6-8-10-19)20-11-13-24(5)14-12-20;1-8-7-12(6-5-11-8)9(13)14-10(2,3)4;8-6-7-4-2-1-3-5-7;1-7-5-3-2-4-6-7;1-2-4-5-3-1;;/h6-14,27-28,33,36H,15-26H2,1-5H3;5-13,17,21H,14-16H2,1-4H3;6-10,18,20-21H,11-17H2,1-5H3;8,11H,5-7H2,1-4H3;1-6H;2H,3-6H2,1H3;1-4H2;1H;/q;;;;;-1;;;+2/p-1/t28-,36+;17-,21?;18-,21?;8-;;;;;/m0000...../s1. The van der Waals surface area contributed by atoms with Gasteiger partial charge in [0.25, 0.3) is 5.91 Å². The molecule has 2 aromatic heterocycles. The molecule has 29 heteroatoms. The SMILES string of the molecule is C1CCOC1.CN1CC[CH-]CC1.COc1ccc(CN2CCN([C@H](c3ccccc3)C3CCN(C4(C)CCN(C(=O)c5c(C)ncnc5C)CC4)CC3)[C@@H](C)C2)cc1.C[C@H]1CN(C(=O)OC(C)(C)C)CCN1.C[C@H]1CN(C(=O)OC(C)(C)C)CCN1C(c1ccccc1)C1CCN(C)CC1.C[C@H]1CN(C(=O)OC(C)(C)C)CCN1C(c1ccccc1)n1nnc2ccccc21.O=Cc1ccccc1.[Cl-].[Mg+2]. The van der Waals surface area contributed by atoms with E-state index in [0.29, 0.717) is 67.2 Å². The minimum atomic E-state index is -0.496. The molecular weight excluding hydrogens is 1790 g/mol. The number of methoxy groups -OCH3 is 1. The van der Waals surface area contributed by atoms with Gasteiger partial charge in [0.15, 0.2) is 0 Å². The zero-order valence-electron chi connectivity index (χ0n) is 87.8. The van der Waals surface area contributed by atoms with Crippen LogP contribution < -0.4 is 22.5 Å². The Labute approximate surface area is 859 Å². The topological polar surface area (TPSA) is 236 Å². The van der Waals surface area contributed by atoms with Crippen LogP contribution in [0.2, 0.25) is 0 Å². The molecule has 9 aliphatic rings. The first kappa shape index (κ1) is 115. The second-order valence-electron chi connectivity index (χ2n) is 42.2. The summed E-state index contributed by atoms with van der Waals surface area (Å²) < 4.78 is 28.7. The second-order valence-corrected chi connectivity index (χ2v) is 42.2. The molecule has 0 saturated carbocycles. The van der Waals surface area contributed by atoms with E-state index in [1.54, 1.807) is 35.4 Å². The van der Waals surface area contributed by atoms with Gasteiger partial charge in [-0.25, -0.2) is 29.0 Å². The predicted octanol–water partition coefficient (Wildman–Crippen LogP) is 14.7. The number of amides is 4. The number of fused-ring (bicyclic) bond motifs is 1. The number of hydrogen-bond acceptors (Lipinski definition) is 22. The van der Waals surface area contributed by atoms with Crippen LogP contribution in [0.25, 0.3) is 11.0 Å². The van der Waals surface area contributed by atoms with E-state index in [1.807, 2.05) is 151 Å². The molecule has 7 atom stereocenters. The van der Waals surface area contributed by atoms with Crippen molar-refractivity contribution < 1.29 is 60.1 Å². The minimum Gasteiger partial charge on any atom is -1.00 e. The number of nitrogens with zero attached hydrogens (tertiary/aromatic N) is 16. The summed E-state index contributed by atoms with van der Waals surface area (Å²) in [5.41, 5.74) is 8.97. The molecule has 2 unspecified atom stereocenters. The Kier molecular flexibility index (Phi) is 45.9. The largest absolute Gasteiger partial charge is 2.00 e. The van der Waals surface area contributed by atoms with Crippen LogP contribution in [0.3, 0.4) is 0 Å². The number of rotatable bonds is 15. The van der Waals surface area contributed by atoms with Gasteiger partial charge in [-0.2, -0.15) is 12.8 Å². The molecule has 9 aliphatic heterocycles. The zero-order valence-corrected chi connectivity index (χ0v) is 89.9. The van der Waals surface area contributed by atoms with Crippen molar-refractivity contribution in [3.8, 4) is 5.75 Å². The van der Waals surface area contributed by atoms with E-state index >= 15 is 0 Å². The van der Waals surface area contributed by atoms with E-state index in [-0.39, 0.29) is 77.4 Å². The summed E-state index contributed by atoms with van der Waals surface area (Å²) in [4.78, 5) is 94.2. The normalized spacial score (nSPS) is 21.2.